The average molecular weight is 185 g/mol. The van der Waals surface area contributed by atoms with Crippen LogP contribution >= 0.6 is 23.2 Å². The predicted octanol–water partition coefficient (Wildman–Crippen LogP) is 1.99. The van der Waals surface area contributed by atoms with Crippen molar-refractivity contribution in [1.82, 2.24) is 0 Å². The molecule has 2 nitrogen and oxygen atoms in total. The molecule has 0 aliphatic rings. The maximum Gasteiger partial charge on any atom is 0.311 e. The highest BCUT2D eigenvalue weighted by Crippen LogP contribution is 2.07. The number of hydrogen-bond acceptors (Lipinski definition) is 2. The van der Waals surface area contributed by atoms with Crippen molar-refractivity contribution in [2.45, 2.75) is 13.3 Å². The van der Waals surface area contributed by atoms with Gasteiger partial charge in [-0.25, -0.2) is 0 Å². The fraction of sp³-hybridized carbons (Fsp3) is 0.833. The third-order valence-corrected chi connectivity index (χ3v) is 1.69. The first-order valence-electron chi connectivity index (χ1n) is 3.04. The van der Waals surface area contributed by atoms with Crippen molar-refractivity contribution in [1.29, 1.82) is 0 Å². The van der Waals surface area contributed by atoms with Crippen LogP contribution in [0.1, 0.15) is 13.3 Å². The van der Waals surface area contributed by atoms with Crippen molar-refractivity contribution < 1.29 is 9.53 Å². The lowest BCUT2D eigenvalue weighted by atomic mass is 10.1. The molecule has 0 N–H and O–H groups in total. The highest BCUT2D eigenvalue weighted by atomic mass is 35.5. The SMILES string of the molecule is CCC(CCl)C(=O)OCCl. The number of carbonyl (C=O) groups is 1. The zero-order valence-corrected chi connectivity index (χ0v) is 7.28. The molecule has 0 rings (SSSR count). The first-order chi connectivity index (χ1) is 4.76. The molecule has 0 aromatic carbocycles. The van der Waals surface area contributed by atoms with E-state index in [0.717, 1.165) is 0 Å². The van der Waals surface area contributed by atoms with Crippen LogP contribution in [0.5, 0.6) is 0 Å². The Hall–Kier alpha value is 0.0500. The number of halogens is 2. The minimum absolute atomic E-state index is 0.0910. The first-order valence-corrected chi connectivity index (χ1v) is 4.11. The van der Waals surface area contributed by atoms with Crippen LogP contribution in [0.2, 0.25) is 0 Å². The summed E-state index contributed by atoms with van der Waals surface area (Å²) in [7, 11) is 0. The maximum atomic E-state index is 10.8. The van der Waals surface area contributed by atoms with Crippen LogP contribution in [-0.4, -0.2) is 17.9 Å². The Morgan fingerprint density at radius 2 is 2.20 bits per heavy atom. The summed E-state index contributed by atoms with van der Waals surface area (Å²) in [5.41, 5.74) is 0. The molecular weight excluding hydrogens is 175 g/mol. The second-order valence-electron chi connectivity index (χ2n) is 1.83. The fourth-order valence-electron chi connectivity index (χ4n) is 0.510. The standard InChI is InChI=1S/C6H10Cl2O2/c1-2-5(3-7)6(9)10-4-8/h5H,2-4H2,1H3. The summed E-state index contributed by atoms with van der Waals surface area (Å²) < 4.78 is 4.53. The topological polar surface area (TPSA) is 26.3 Å². The van der Waals surface area contributed by atoms with E-state index < -0.39 is 0 Å². The maximum absolute atomic E-state index is 10.8. The molecule has 1 atom stereocenters. The van der Waals surface area contributed by atoms with Crippen molar-refractivity contribution in [3.63, 3.8) is 0 Å². The number of ether oxygens (including phenoxy) is 1. The van der Waals surface area contributed by atoms with E-state index in [1.54, 1.807) is 0 Å². The molecule has 10 heavy (non-hydrogen) atoms. The summed E-state index contributed by atoms with van der Waals surface area (Å²) in [5, 5.41) is 0. The second kappa shape index (κ2) is 5.81. The molecule has 0 saturated heterocycles. The van der Waals surface area contributed by atoms with Crippen LogP contribution in [0, 0.1) is 5.92 Å². The van der Waals surface area contributed by atoms with Crippen molar-refractivity contribution in [3.8, 4) is 0 Å². The minimum Gasteiger partial charge on any atom is -0.449 e. The molecule has 0 saturated carbocycles. The molecule has 4 heteroatoms. The van der Waals surface area contributed by atoms with Gasteiger partial charge in [-0.1, -0.05) is 18.5 Å². The van der Waals surface area contributed by atoms with Gasteiger partial charge in [-0.2, -0.15) is 0 Å². The zero-order valence-electron chi connectivity index (χ0n) is 5.77. The van der Waals surface area contributed by atoms with Gasteiger partial charge in [0.05, 0.1) is 5.92 Å². The number of hydrogen-bond donors (Lipinski definition) is 0. The van der Waals surface area contributed by atoms with Gasteiger partial charge in [0.25, 0.3) is 0 Å². The van der Waals surface area contributed by atoms with Crippen LogP contribution in [-0.2, 0) is 9.53 Å². The number of esters is 1. The molecule has 0 aliphatic heterocycles. The van der Waals surface area contributed by atoms with Gasteiger partial charge >= 0.3 is 5.97 Å². The Kier molecular flexibility index (Phi) is 5.84. The van der Waals surface area contributed by atoms with Gasteiger partial charge in [-0.05, 0) is 6.42 Å². The molecule has 1 unspecified atom stereocenters. The lowest BCUT2D eigenvalue weighted by Crippen LogP contribution is -2.17. The van der Waals surface area contributed by atoms with Crippen LogP contribution < -0.4 is 0 Å². The van der Waals surface area contributed by atoms with Gasteiger partial charge in [0.15, 0.2) is 6.07 Å². The van der Waals surface area contributed by atoms with Crippen molar-refractivity contribution >= 4 is 29.2 Å². The molecule has 0 radical (unpaired) electrons. The third kappa shape index (κ3) is 3.28. The summed E-state index contributed by atoms with van der Waals surface area (Å²) in [4.78, 5) is 10.8. The van der Waals surface area contributed by atoms with Crippen molar-refractivity contribution in [2.75, 3.05) is 11.9 Å². The van der Waals surface area contributed by atoms with E-state index in [0.29, 0.717) is 12.3 Å². The van der Waals surface area contributed by atoms with Gasteiger partial charge in [-0.15, -0.1) is 11.6 Å². The molecule has 0 spiro atoms. The average Bonchev–Trinajstić information content (AvgIpc) is 1.91. The highest BCUT2D eigenvalue weighted by molar-refractivity contribution is 6.19. The summed E-state index contributed by atoms with van der Waals surface area (Å²) in [6.07, 6.45) is 0.694. The molecule has 60 valence electrons. The number of carbonyl (C=O) groups excluding carboxylic acids is 1. The van der Waals surface area contributed by atoms with Gasteiger partial charge < -0.3 is 4.74 Å². The summed E-state index contributed by atoms with van der Waals surface area (Å²) in [6.45, 7) is 1.88. The Morgan fingerprint density at radius 1 is 1.60 bits per heavy atom. The van der Waals surface area contributed by atoms with Gasteiger partial charge in [-0.3, -0.25) is 4.79 Å². The molecule has 0 aromatic rings. The van der Waals surface area contributed by atoms with E-state index in [2.05, 4.69) is 4.74 Å². The lowest BCUT2D eigenvalue weighted by Gasteiger charge is -2.07. The molecular formula is C6H10Cl2O2. The number of alkyl halides is 2. The van der Waals surface area contributed by atoms with Crippen molar-refractivity contribution in [2.24, 2.45) is 5.92 Å². The zero-order chi connectivity index (χ0) is 7.98. The molecule has 0 amide bonds. The van der Waals surface area contributed by atoms with E-state index in [-0.39, 0.29) is 18.0 Å². The van der Waals surface area contributed by atoms with Crippen LogP contribution in [0.3, 0.4) is 0 Å². The second-order valence-corrected chi connectivity index (χ2v) is 2.36. The summed E-state index contributed by atoms with van der Waals surface area (Å²) in [6, 6.07) is -0.0910. The normalized spacial score (nSPS) is 12.7. The van der Waals surface area contributed by atoms with E-state index in [9.17, 15) is 4.79 Å². The molecule has 0 heterocycles. The minimum atomic E-state index is -0.312. The van der Waals surface area contributed by atoms with Gasteiger partial charge in [0.1, 0.15) is 0 Å². The largest absolute Gasteiger partial charge is 0.449 e. The smallest absolute Gasteiger partial charge is 0.311 e. The lowest BCUT2D eigenvalue weighted by molar-refractivity contribution is -0.145. The molecule has 0 aromatic heterocycles. The van der Waals surface area contributed by atoms with Crippen LogP contribution in [0.15, 0.2) is 0 Å². The first kappa shape index (κ1) is 10.0. The molecule has 0 bridgehead atoms. The Balaban J connectivity index is 3.65. The summed E-state index contributed by atoms with van der Waals surface area (Å²) >= 11 is 10.6. The third-order valence-electron chi connectivity index (χ3n) is 1.21. The Morgan fingerprint density at radius 3 is 2.50 bits per heavy atom. The van der Waals surface area contributed by atoms with E-state index in [1.807, 2.05) is 6.92 Å². The Bertz CT molecular complexity index is 102. The predicted molar refractivity (Wildman–Crippen MR) is 41.3 cm³/mol. The number of rotatable bonds is 4. The van der Waals surface area contributed by atoms with Crippen molar-refractivity contribution in [3.05, 3.63) is 0 Å². The quantitative estimate of drug-likeness (QED) is 0.494. The van der Waals surface area contributed by atoms with Crippen LogP contribution in [0.4, 0.5) is 0 Å². The van der Waals surface area contributed by atoms with E-state index >= 15 is 0 Å². The van der Waals surface area contributed by atoms with Gasteiger partial charge in [0, 0.05) is 5.88 Å². The van der Waals surface area contributed by atoms with Gasteiger partial charge in [0.2, 0.25) is 0 Å². The van der Waals surface area contributed by atoms with E-state index in [4.69, 9.17) is 23.2 Å². The summed E-state index contributed by atoms with van der Waals surface area (Å²) in [5.74, 6) is -0.223. The Labute approximate surface area is 70.4 Å². The molecule has 0 fully saturated rings. The van der Waals surface area contributed by atoms with Crippen LogP contribution in [0.25, 0.3) is 0 Å². The molecule has 0 aliphatic carbocycles. The highest BCUT2D eigenvalue weighted by Gasteiger charge is 2.15. The monoisotopic (exact) mass is 184 g/mol. The van der Waals surface area contributed by atoms with E-state index in [1.165, 1.54) is 0 Å². The fourth-order valence-corrected chi connectivity index (χ4v) is 0.962.